The first kappa shape index (κ1) is 21.3. The molecule has 1 amide bonds. The van der Waals surface area contributed by atoms with Gasteiger partial charge >= 0.3 is 11.7 Å². The molecule has 1 heterocycles. The summed E-state index contributed by atoms with van der Waals surface area (Å²) in [5.74, 6) is -0.888. The molecule has 0 bridgehead atoms. The fourth-order valence-corrected chi connectivity index (χ4v) is 4.07. The van der Waals surface area contributed by atoms with Gasteiger partial charge in [0.15, 0.2) is 0 Å². The maximum atomic E-state index is 13.1. The number of ether oxygens (including phenoxy) is 1. The Hall–Kier alpha value is -3.39. The minimum absolute atomic E-state index is 0.138. The highest BCUT2D eigenvalue weighted by molar-refractivity contribution is 8.00. The molecule has 0 aliphatic heterocycles. The molecule has 0 aliphatic carbocycles. The van der Waals surface area contributed by atoms with Gasteiger partial charge in [-0.15, -0.1) is 0 Å². The first-order valence-electron chi connectivity index (χ1n) is 9.22. The molecule has 0 saturated heterocycles. The van der Waals surface area contributed by atoms with Gasteiger partial charge in [-0.25, -0.2) is 9.59 Å². The molecule has 0 fully saturated rings. The summed E-state index contributed by atoms with van der Waals surface area (Å²) in [7, 11) is 1.25. The summed E-state index contributed by atoms with van der Waals surface area (Å²) in [6.45, 7) is 1.95. The lowest BCUT2D eigenvalue weighted by atomic mass is 10.1. The van der Waals surface area contributed by atoms with Gasteiger partial charge in [0, 0.05) is 12.2 Å². The molecule has 0 saturated carbocycles. The van der Waals surface area contributed by atoms with Crippen LogP contribution in [0.15, 0.2) is 70.5 Å². The maximum Gasteiger partial charge on any atom is 0.346 e. The molecule has 0 aliphatic rings. The van der Waals surface area contributed by atoms with E-state index in [1.54, 1.807) is 6.92 Å². The highest BCUT2D eigenvalue weighted by Crippen LogP contribution is 2.36. The standard InChI is InChI=1S/C22H21N3O4S/c1-14-17(21(27)29-2)20(25-22(28)24-14)30-18(16-11-7-4-8-12-16)19(26)23-13-15-9-5-3-6-10-15/h3-12,18H,13H2,1-2H3,(H,23,26)(H,24,25,28). The number of benzene rings is 2. The van der Waals surface area contributed by atoms with E-state index in [0.717, 1.165) is 22.9 Å². The number of aryl methyl sites for hydroxylation is 1. The summed E-state index contributed by atoms with van der Waals surface area (Å²) in [5, 5.41) is 2.35. The number of methoxy groups -OCH3 is 1. The zero-order valence-electron chi connectivity index (χ0n) is 16.5. The van der Waals surface area contributed by atoms with Crippen LogP contribution in [0, 0.1) is 6.92 Å². The van der Waals surface area contributed by atoms with E-state index in [0.29, 0.717) is 12.2 Å². The summed E-state index contributed by atoms with van der Waals surface area (Å²) in [5.41, 5.74) is 1.56. The topological polar surface area (TPSA) is 101 Å². The Morgan fingerprint density at radius 3 is 2.37 bits per heavy atom. The number of nitrogens with zero attached hydrogens (tertiary/aromatic N) is 1. The average molecular weight is 423 g/mol. The van der Waals surface area contributed by atoms with Gasteiger partial charge in [0.05, 0.1) is 7.11 Å². The number of thioether (sulfide) groups is 1. The second-order valence-corrected chi connectivity index (χ2v) is 7.54. The van der Waals surface area contributed by atoms with Crippen molar-refractivity contribution in [3.8, 4) is 0 Å². The van der Waals surface area contributed by atoms with Gasteiger partial charge in [-0.2, -0.15) is 4.98 Å². The first-order valence-corrected chi connectivity index (χ1v) is 10.1. The third-order valence-electron chi connectivity index (χ3n) is 4.36. The largest absolute Gasteiger partial charge is 0.465 e. The first-order chi connectivity index (χ1) is 14.5. The summed E-state index contributed by atoms with van der Waals surface area (Å²) in [6.07, 6.45) is 0. The third-order valence-corrected chi connectivity index (χ3v) is 5.60. The van der Waals surface area contributed by atoms with Crippen molar-refractivity contribution in [2.45, 2.75) is 23.7 Å². The predicted molar refractivity (Wildman–Crippen MR) is 114 cm³/mol. The number of hydrogen-bond acceptors (Lipinski definition) is 6. The van der Waals surface area contributed by atoms with Gasteiger partial charge in [-0.1, -0.05) is 72.4 Å². The van der Waals surface area contributed by atoms with Crippen LogP contribution in [-0.4, -0.2) is 29.0 Å². The Bertz CT molecular complexity index is 1080. The maximum absolute atomic E-state index is 13.1. The molecule has 1 atom stereocenters. The van der Waals surface area contributed by atoms with Crippen molar-refractivity contribution in [3.63, 3.8) is 0 Å². The number of hydrogen-bond donors (Lipinski definition) is 2. The number of carbonyl (C=O) groups excluding carboxylic acids is 2. The SMILES string of the molecule is COC(=O)c1c(SC(C(=O)NCc2ccccc2)c2ccccc2)nc(=O)[nH]c1C. The summed E-state index contributed by atoms with van der Waals surface area (Å²) >= 11 is 1.04. The summed E-state index contributed by atoms with van der Waals surface area (Å²) < 4.78 is 4.84. The number of rotatable bonds is 7. The van der Waals surface area contributed by atoms with Gasteiger partial charge in [-0.05, 0) is 18.1 Å². The van der Waals surface area contributed by atoms with Crippen LogP contribution in [-0.2, 0) is 16.1 Å². The number of nitrogens with one attached hydrogen (secondary N) is 2. The molecule has 7 nitrogen and oxygen atoms in total. The monoisotopic (exact) mass is 423 g/mol. The Morgan fingerprint density at radius 2 is 1.73 bits per heavy atom. The van der Waals surface area contributed by atoms with Crippen LogP contribution in [0.1, 0.15) is 32.4 Å². The van der Waals surface area contributed by atoms with Crippen LogP contribution in [0.5, 0.6) is 0 Å². The summed E-state index contributed by atoms with van der Waals surface area (Å²) in [6, 6.07) is 18.7. The van der Waals surface area contributed by atoms with E-state index in [1.165, 1.54) is 7.11 Å². The van der Waals surface area contributed by atoms with Crippen LogP contribution in [0.4, 0.5) is 0 Å². The fourth-order valence-electron chi connectivity index (χ4n) is 2.88. The second-order valence-electron chi connectivity index (χ2n) is 6.45. The van der Waals surface area contributed by atoms with E-state index in [-0.39, 0.29) is 16.5 Å². The van der Waals surface area contributed by atoms with Crippen molar-refractivity contribution in [1.82, 2.24) is 15.3 Å². The number of carbonyl (C=O) groups is 2. The molecule has 2 aromatic carbocycles. The van der Waals surface area contributed by atoms with Gasteiger partial charge < -0.3 is 15.0 Å². The zero-order chi connectivity index (χ0) is 21.5. The van der Waals surface area contributed by atoms with Gasteiger partial charge in [-0.3, -0.25) is 4.79 Å². The van der Waals surface area contributed by atoms with E-state index in [2.05, 4.69) is 15.3 Å². The van der Waals surface area contributed by atoms with Gasteiger partial charge in [0.25, 0.3) is 0 Å². The highest BCUT2D eigenvalue weighted by atomic mass is 32.2. The van der Waals surface area contributed by atoms with E-state index in [1.807, 2.05) is 60.7 Å². The lowest BCUT2D eigenvalue weighted by molar-refractivity contribution is -0.120. The van der Waals surface area contributed by atoms with Crippen molar-refractivity contribution in [2.24, 2.45) is 0 Å². The number of amides is 1. The molecule has 2 N–H and O–H groups in total. The predicted octanol–water partition coefficient (Wildman–Crippen LogP) is 3.01. The smallest absolute Gasteiger partial charge is 0.346 e. The molecule has 1 unspecified atom stereocenters. The van der Waals surface area contributed by atoms with Crippen molar-refractivity contribution in [1.29, 1.82) is 0 Å². The van der Waals surface area contributed by atoms with Crippen molar-refractivity contribution in [2.75, 3.05) is 7.11 Å². The molecule has 154 valence electrons. The van der Waals surface area contributed by atoms with Crippen LogP contribution >= 0.6 is 11.8 Å². The highest BCUT2D eigenvalue weighted by Gasteiger charge is 2.27. The molecule has 0 spiro atoms. The normalized spacial score (nSPS) is 11.5. The Balaban J connectivity index is 1.93. The van der Waals surface area contributed by atoms with E-state index < -0.39 is 16.9 Å². The number of esters is 1. The minimum Gasteiger partial charge on any atom is -0.465 e. The van der Waals surface area contributed by atoms with Crippen molar-refractivity contribution >= 4 is 23.6 Å². The lowest BCUT2D eigenvalue weighted by Gasteiger charge is -2.18. The van der Waals surface area contributed by atoms with Crippen molar-refractivity contribution in [3.05, 3.63) is 93.5 Å². The minimum atomic E-state index is -0.716. The Kier molecular flexibility index (Phi) is 7.03. The number of aromatic nitrogens is 2. The molecular formula is C22H21N3O4S. The quantitative estimate of drug-likeness (QED) is 0.344. The van der Waals surface area contributed by atoms with E-state index in [4.69, 9.17) is 4.74 Å². The number of aromatic amines is 1. The molecule has 0 radical (unpaired) electrons. The fraction of sp³-hybridized carbons (Fsp3) is 0.182. The molecule has 3 rings (SSSR count). The molecule has 8 heteroatoms. The zero-order valence-corrected chi connectivity index (χ0v) is 17.4. The average Bonchev–Trinajstić information content (AvgIpc) is 2.76. The lowest BCUT2D eigenvalue weighted by Crippen LogP contribution is -2.28. The van der Waals surface area contributed by atoms with Crippen LogP contribution in [0.25, 0.3) is 0 Å². The Morgan fingerprint density at radius 1 is 1.10 bits per heavy atom. The van der Waals surface area contributed by atoms with E-state index >= 15 is 0 Å². The Labute approximate surface area is 177 Å². The molecular weight excluding hydrogens is 402 g/mol. The van der Waals surface area contributed by atoms with Gasteiger partial charge in [0.1, 0.15) is 15.8 Å². The van der Waals surface area contributed by atoms with Crippen molar-refractivity contribution < 1.29 is 14.3 Å². The van der Waals surface area contributed by atoms with Gasteiger partial charge in [0.2, 0.25) is 5.91 Å². The van der Waals surface area contributed by atoms with Crippen LogP contribution in [0.2, 0.25) is 0 Å². The number of H-pyrrole nitrogens is 1. The molecule has 1 aromatic heterocycles. The molecule has 3 aromatic rings. The van der Waals surface area contributed by atoms with Crippen LogP contribution in [0.3, 0.4) is 0 Å². The third kappa shape index (κ3) is 5.15. The summed E-state index contributed by atoms with van der Waals surface area (Å²) in [4.78, 5) is 43.7. The van der Waals surface area contributed by atoms with Crippen LogP contribution < -0.4 is 11.0 Å². The van der Waals surface area contributed by atoms with E-state index in [9.17, 15) is 14.4 Å². The molecule has 30 heavy (non-hydrogen) atoms. The second kappa shape index (κ2) is 9.89.